The van der Waals surface area contributed by atoms with Crippen molar-refractivity contribution < 1.29 is 4.74 Å². The smallest absolute Gasteiger partial charge is 0.167 e. The summed E-state index contributed by atoms with van der Waals surface area (Å²) < 4.78 is 5.55. The van der Waals surface area contributed by atoms with Crippen LogP contribution in [0, 0.1) is 11.8 Å². The van der Waals surface area contributed by atoms with Crippen LogP contribution in [-0.2, 0) is 0 Å². The fraction of sp³-hybridized carbons (Fsp3) is 0.556. The van der Waals surface area contributed by atoms with Gasteiger partial charge in [0.05, 0.1) is 18.7 Å². The minimum atomic E-state index is 0.0472. The molecular weight excluding hydrogens is 442 g/mol. The molecule has 3 saturated heterocycles. The van der Waals surface area contributed by atoms with Crippen LogP contribution in [0.5, 0.6) is 5.75 Å². The maximum atomic E-state index is 6.41. The Morgan fingerprint density at radius 3 is 2.88 bits per heavy atom. The molecule has 6 rings (SSSR count). The summed E-state index contributed by atoms with van der Waals surface area (Å²) in [7, 11) is 1.71. The number of thiocarbonyl (C=S) groups is 1. The highest BCUT2D eigenvalue weighted by Crippen LogP contribution is 2.42. The van der Waals surface area contributed by atoms with Gasteiger partial charge in [0.15, 0.2) is 5.11 Å². The molecule has 4 fully saturated rings. The molecule has 1 aromatic heterocycles. The molecular formula is C27H37N5OS. The summed E-state index contributed by atoms with van der Waals surface area (Å²) in [5.74, 6) is 2.09. The number of hydrogen-bond acceptors (Lipinski definition) is 5. The van der Waals surface area contributed by atoms with E-state index in [0.717, 1.165) is 49.0 Å². The molecule has 34 heavy (non-hydrogen) atoms. The second-order valence-electron chi connectivity index (χ2n) is 10.2. The number of rotatable bonds is 6. The Bertz CT molecular complexity index is 1040. The lowest BCUT2D eigenvalue weighted by Crippen LogP contribution is -2.59. The van der Waals surface area contributed by atoms with Crippen LogP contribution < -0.4 is 21.1 Å². The van der Waals surface area contributed by atoms with Gasteiger partial charge in [-0.25, -0.2) is 0 Å². The summed E-state index contributed by atoms with van der Waals surface area (Å²) in [5, 5.41) is 9.12. The fourth-order valence-electron chi connectivity index (χ4n) is 6.34. The fourth-order valence-corrected chi connectivity index (χ4v) is 6.62. The number of benzene rings is 1. The first-order valence-corrected chi connectivity index (χ1v) is 13.1. The van der Waals surface area contributed by atoms with Gasteiger partial charge in [0, 0.05) is 36.3 Å². The molecule has 0 spiro atoms. The first-order valence-electron chi connectivity index (χ1n) is 12.7. The van der Waals surface area contributed by atoms with Gasteiger partial charge in [-0.3, -0.25) is 9.88 Å². The summed E-state index contributed by atoms with van der Waals surface area (Å²) >= 11 is 5.88. The van der Waals surface area contributed by atoms with Gasteiger partial charge in [0.2, 0.25) is 0 Å². The molecule has 7 atom stereocenters. The Balaban J connectivity index is 1.47. The largest absolute Gasteiger partial charge is 0.497 e. The van der Waals surface area contributed by atoms with Crippen LogP contribution in [-0.4, -0.2) is 53.3 Å². The third kappa shape index (κ3) is 4.66. The predicted molar refractivity (Wildman–Crippen MR) is 142 cm³/mol. The summed E-state index contributed by atoms with van der Waals surface area (Å²) in [6, 6.07) is 9.04. The van der Waals surface area contributed by atoms with Crippen molar-refractivity contribution in [2.24, 2.45) is 17.6 Å². The van der Waals surface area contributed by atoms with Gasteiger partial charge in [0.25, 0.3) is 0 Å². The lowest BCUT2D eigenvalue weighted by atomic mass is 9.73. The SMILES string of the molecule is C=CC1CN2CCC1C[C@H]2[C@@H](NC(=S)N[C@H]1CCCC[C@@H]1N)c1ccnc2ccc(OC)cc12. The summed E-state index contributed by atoms with van der Waals surface area (Å²) in [6.45, 7) is 6.29. The number of aromatic nitrogens is 1. The number of piperidine rings is 3. The minimum Gasteiger partial charge on any atom is -0.497 e. The van der Waals surface area contributed by atoms with E-state index in [0.29, 0.717) is 23.0 Å². The van der Waals surface area contributed by atoms with Gasteiger partial charge in [-0.15, -0.1) is 6.58 Å². The molecule has 0 amide bonds. The molecule has 6 nitrogen and oxygen atoms in total. The second-order valence-corrected chi connectivity index (χ2v) is 10.6. The minimum absolute atomic E-state index is 0.0472. The number of methoxy groups -OCH3 is 1. The zero-order valence-electron chi connectivity index (χ0n) is 20.1. The van der Waals surface area contributed by atoms with Crippen molar-refractivity contribution in [2.45, 2.75) is 62.7 Å². The van der Waals surface area contributed by atoms with E-state index in [-0.39, 0.29) is 18.1 Å². The number of nitrogens with zero attached hydrogens (tertiary/aromatic N) is 2. The average molecular weight is 480 g/mol. The molecule has 2 aromatic rings. The van der Waals surface area contributed by atoms with E-state index in [1.807, 2.05) is 18.3 Å². The van der Waals surface area contributed by atoms with Crippen molar-refractivity contribution in [3.05, 3.63) is 48.7 Å². The van der Waals surface area contributed by atoms with Crippen molar-refractivity contribution in [2.75, 3.05) is 20.2 Å². The van der Waals surface area contributed by atoms with E-state index in [1.165, 1.54) is 24.8 Å². The van der Waals surface area contributed by atoms with Gasteiger partial charge in [-0.1, -0.05) is 18.9 Å². The quantitative estimate of drug-likeness (QED) is 0.428. The molecule has 2 bridgehead atoms. The van der Waals surface area contributed by atoms with Crippen LogP contribution in [0.3, 0.4) is 0 Å². The van der Waals surface area contributed by atoms with Crippen molar-refractivity contribution in [3.63, 3.8) is 0 Å². The van der Waals surface area contributed by atoms with Crippen LogP contribution in [0.25, 0.3) is 10.9 Å². The maximum absolute atomic E-state index is 6.41. The van der Waals surface area contributed by atoms with Crippen LogP contribution in [0.15, 0.2) is 43.1 Å². The van der Waals surface area contributed by atoms with Crippen LogP contribution in [0.2, 0.25) is 0 Å². The highest BCUT2D eigenvalue weighted by atomic mass is 32.1. The lowest BCUT2D eigenvalue weighted by Gasteiger charge is -2.52. The van der Waals surface area contributed by atoms with Gasteiger partial charge in [0.1, 0.15) is 5.75 Å². The second kappa shape index (κ2) is 10.2. The molecule has 1 aromatic carbocycles. The van der Waals surface area contributed by atoms with Crippen LogP contribution in [0.1, 0.15) is 50.1 Å². The molecule has 3 unspecified atom stereocenters. The van der Waals surface area contributed by atoms with Crippen molar-refractivity contribution in [1.29, 1.82) is 0 Å². The molecule has 0 radical (unpaired) electrons. The lowest BCUT2D eigenvalue weighted by molar-refractivity contribution is 0.00425. The Kier molecular flexibility index (Phi) is 7.04. The first kappa shape index (κ1) is 23.5. The Morgan fingerprint density at radius 2 is 2.15 bits per heavy atom. The topological polar surface area (TPSA) is 75.4 Å². The standard InChI is InChI=1S/C27H37N5OS/c1-3-17-16-32-13-11-18(17)14-25(32)26(31-27(34)30-24-7-5-4-6-22(24)28)20-10-12-29-23-9-8-19(33-2)15-21(20)23/h3,8-10,12,15,17-18,22,24-26H,1,4-7,11,13-14,16,28H2,2H3,(H2,30,31,34)/t17?,18?,22-,24-,25-,26-/m0/s1. The third-order valence-corrected chi connectivity index (χ3v) is 8.51. The number of nitrogens with two attached hydrogens (primary N) is 1. The maximum Gasteiger partial charge on any atom is 0.167 e. The van der Waals surface area contributed by atoms with Crippen LogP contribution in [0.4, 0.5) is 0 Å². The monoisotopic (exact) mass is 479 g/mol. The Hall–Kier alpha value is -2.22. The molecule has 4 aliphatic rings. The van der Waals surface area contributed by atoms with Gasteiger partial charge in [-0.2, -0.15) is 0 Å². The van der Waals surface area contributed by atoms with Gasteiger partial charge < -0.3 is 21.1 Å². The molecule has 3 aliphatic heterocycles. The zero-order chi connectivity index (χ0) is 23.7. The molecule has 4 heterocycles. The number of pyridine rings is 1. The van der Waals surface area contributed by atoms with E-state index in [9.17, 15) is 0 Å². The van der Waals surface area contributed by atoms with E-state index in [2.05, 4.69) is 45.3 Å². The number of nitrogens with one attached hydrogen (secondary N) is 2. The Morgan fingerprint density at radius 1 is 1.29 bits per heavy atom. The average Bonchev–Trinajstić information content (AvgIpc) is 2.88. The summed E-state index contributed by atoms with van der Waals surface area (Å²) in [6.07, 6.45) is 11.0. The van der Waals surface area contributed by atoms with E-state index in [1.54, 1.807) is 7.11 Å². The van der Waals surface area contributed by atoms with E-state index >= 15 is 0 Å². The van der Waals surface area contributed by atoms with Crippen molar-refractivity contribution in [1.82, 2.24) is 20.5 Å². The normalized spacial score (nSPS) is 31.6. The van der Waals surface area contributed by atoms with E-state index in [4.69, 9.17) is 22.7 Å². The zero-order valence-corrected chi connectivity index (χ0v) is 20.9. The third-order valence-electron chi connectivity index (χ3n) is 8.28. The molecule has 4 N–H and O–H groups in total. The first-order chi connectivity index (χ1) is 16.6. The number of hydrogen-bond donors (Lipinski definition) is 3. The van der Waals surface area contributed by atoms with Crippen molar-refractivity contribution >= 4 is 28.2 Å². The number of fused-ring (bicyclic) bond motifs is 4. The molecule has 1 saturated carbocycles. The van der Waals surface area contributed by atoms with Gasteiger partial charge >= 0.3 is 0 Å². The predicted octanol–water partition coefficient (Wildman–Crippen LogP) is 3.91. The van der Waals surface area contributed by atoms with E-state index < -0.39 is 0 Å². The number of ether oxygens (including phenoxy) is 1. The summed E-state index contributed by atoms with van der Waals surface area (Å²) in [5.41, 5.74) is 8.60. The van der Waals surface area contributed by atoms with Crippen molar-refractivity contribution in [3.8, 4) is 5.75 Å². The van der Waals surface area contributed by atoms with Crippen LogP contribution >= 0.6 is 12.2 Å². The summed E-state index contributed by atoms with van der Waals surface area (Å²) in [4.78, 5) is 7.26. The highest BCUT2D eigenvalue weighted by Gasteiger charge is 2.43. The Labute approximate surface area is 208 Å². The van der Waals surface area contributed by atoms with Gasteiger partial charge in [-0.05, 0) is 86.1 Å². The molecule has 182 valence electrons. The molecule has 1 aliphatic carbocycles. The molecule has 7 heteroatoms. The highest BCUT2D eigenvalue weighted by molar-refractivity contribution is 7.80.